The molecule has 39 heavy (non-hydrogen) atoms. The lowest BCUT2D eigenvalue weighted by Crippen LogP contribution is -2.56. The zero-order valence-corrected chi connectivity index (χ0v) is 23.8. The molecule has 10 nitrogen and oxygen atoms in total. The number of carbonyl (C=O) groups is 3. The molecule has 3 unspecified atom stereocenters. The first-order valence-corrected chi connectivity index (χ1v) is 15.0. The molecule has 3 amide bonds. The fraction of sp³-hybridized carbons (Fsp3) is 0.679. The number of unbranched alkanes of at least 4 members (excludes halogenated alkanes) is 3. The molecule has 0 radical (unpaired) electrons. The van der Waals surface area contributed by atoms with Crippen LogP contribution < -0.4 is 10.6 Å². The molecule has 0 aliphatic carbocycles. The van der Waals surface area contributed by atoms with Crippen LogP contribution in [0, 0.1) is 11.8 Å². The molecule has 1 aromatic carbocycles. The van der Waals surface area contributed by atoms with Crippen molar-refractivity contribution in [2.24, 2.45) is 11.8 Å². The van der Waals surface area contributed by atoms with E-state index in [0.29, 0.717) is 57.8 Å². The lowest BCUT2D eigenvalue weighted by atomic mass is 9.70. The van der Waals surface area contributed by atoms with E-state index >= 15 is 0 Å². The number of hydrogen-bond donors (Lipinski definition) is 3. The smallest absolute Gasteiger partial charge is 0.245 e. The summed E-state index contributed by atoms with van der Waals surface area (Å²) >= 11 is 3.71. The number of halogens is 1. The van der Waals surface area contributed by atoms with Gasteiger partial charge in [0.1, 0.15) is 11.6 Å². The number of hydrogen-bond acceptors (Lipinski definition) is 7. The van der Waals surface area contributed by atoms with Crippen LogP contribution in [-0.4, -0.2) is 108 Å². The number of rotatable bonds is 12. The van der Waals surface area contributed by atoms with Crippen molar-refractivity contribution in [2.45, 2.75) is 54.7 Å². The molecule has 4 fully saturated rings. The summed E-state index contributed by atoms with van der Waals surface area (Å²) in [4.78, 5) is 45.2. The van der Waals surface area contributed by atoms with E-state index in [-0.39, 0.29) is 29.2 Å². The average molecular weight is 608 g/mol. The Kier molecular flexibility index (Phi) is 9.23. The van der Waals surface area contributed by atoms with Gasteiger partial charge in [0.2, 0.25) is 17.7 Å². The maximum atomic E-state index is 14.0. The van der Waals surface area contributed by atoms with Crippen molar-refractivity contribution in [3.8, 4) is 0 Å². The van der Waals surface area contributed by atoms with Crippen molar-refractivity contribution >= 4 is 39.3 Å². The molecule has 11 heteroatoms. The van der Waals surface area contributed by atoms with Gasteiger partial charge in [-0.2, -0.15) is 0 Å². The van der Waals surface area contributed by atoms with E-state index in [0.717, 1.165) is 25.9 Å². The van der Waals surface area contributed by atoms with Crippen molar-refractivity contribution in [3.05, 3.63) is 30.3 Å². The first kappa shape index (κ1) is 28.5. The molecular formula is C28H39BrN4O6. The Bertz CT molecular complexity index is 1020. The van der Waals surface area contributed by atoms with Crippen LogP contribution in [0.5, 0.6) is 0 Å². The number of anilines is 1. The highest BCUT2D eigenvalue weighted by molar-refractivity contribution is 9.09. The molecule has 3 N–H and O–H groups in total. The van der Waals surface area contributed by atoms with Gasteiger partial charge in [-0.15, -0.1) is 0 Å². The lowest BCUT2D eigenvalue weighted by Gasteiger charge is -2.34. The summed E-state index contributed by atoms with van der Waals surface area (Å²) in [5, 5.41) is 15.2. The van der Waals surface area contributed by atoms with Gasteiger partial charge < -0.3 is 30.1 Å². The summed E-state index contributed by atoms with van der Waals surface area (Å²) in [5.74, 6) is -2.07. The number of nitrogens with zero attached hydrogens (tertiary/aromatic N) is 2. The Balaban J connectivity index is 1.35. The summed E-state index contributed by atoms with van der Waals surface area (Å²) in [6.07, 6.45) is 3.13. The summed E-state index contributed by atoms with van der Waals surface area (Å²) < 4.78 is 12.0. The van der Waals surface area contributed by atoms with Crippen LogP contribution in [0.15, 0.2) is 30.3 Å². The van der Waals surface area contributed by atoms with Gasteiger partial charge in [-0.05, 0) is 31.4 Å². The van der Waals surface area contributed by atoms with E-state index in [1.54, 1.807) is 4.90 Å². The first-order chi connectivity index (χ1) is 19.0. The minimum Gasteiger partial charge on any atom is -0.396 e. The molecule has 4 aliphatic heterocycles. The lowest BCUT2D eigenvalue weighted by molar-refractivity contribution is -0.141. The number of fused-ring (bicyclic) bond motifs is 1. The molecule has 2 bridgehead atoms. The van der Waals surface area contributed by atoms with Crippen molar-refractivity contribution in [3.63, 3.8) is 0 Å². The number of amides is 3. The summed E-state index contributed by atoms with van der Waals surface area (Å²) in [6, 6.07) is 8.40. The third-order valence-electron chi connectivity index (χ3n) is 8.52. The molecule has 1 spiro atoms. The van der Waals surface area contributed by atoms with Gasteiger partial charge in [0, 0.05) is 49.8 Å². The number of morpholine rings is 1. The van der Waals surface area contributed by atoms with E-state index in [1.807, 2.05) is 30.3 Å². The Labute approximate surface area is 237 Å². The highest BCUT2D eigenvalue weighted by Crippen LogP contribution is 2.60. The topological polar surface area (TPSA) is 120 Å². The van der Waals surface area contributed by atoms with Crippen LogP contribution in [-0.2, 0) is 23.9 Å². The number of aliphatic hydroxyl groups excluding tert-OH is 1. The van der Waals surface area contributed by atoms with Crippen LogP contribution in [0.4, 0.5) is 5.69 Å². The number of carbonyl (C=O) groups excluding carboxylic acids is 3. The maximum Gasteiger partial charge on any atom is 0.245 e. The van der Waals surface area contributed by atoms with Gasteiger partial charge in [-0.25, -0.2) is 0 Å². The Morgan fingerprint density at radius 2 is 1.79 bits per heavy atom. The van der Waals surface area contributed by atoms with Gasteiger partial charge in [-0.3, -0.25) is 19.3 Å². The van der Waals surface area contributed by atoms with Crippen molar-refractivity contribution < 1.29 is 29.0 Å². The second-order valence-corrected chi connectivity index (χ2v) is 12.1. The Morgan fingerprint density at radius 3 is 2.54 bits per heavy atom. The molecule has 6 atom stereocenters. The Morgan fingerprint density at radius 1 is 1.05 bits per heavy atom. The highest BCUT2D eigenvalue weighted by atomic mass is 79.9. The zero-order valence-electron chi connectivity index (χ0n) is 22.2. The molecule has 1 aromatic rings. The standard InChI is InChI=1S/C28H39BrN4O6/c29-20-18-28-22(21(23(20)39-28)25(35)31-19-8-4-3-5-9-19)27(37)33(11-6-1-2-7-15-34)24(28)26(36)30-10-12-32-13-16-38-17-14-32/h3-5,8-9,20-24,34H,1-2,6-7,10-18H2,(H,30,36)(H,31,35)/t20?,21-,22+,23-,24?,28?/m1/s1. The summed E-state index contributed by atoms with van der Waals surface area (Å²) in [7, 11) is 0. The normalized spacial score (nSPS) is 31.9. The monoisotopic (exact) mass is 606 g/mol. The van der Waals surface area contributed by atoms with E-state index in [4.69, 9.17) is 14.6 Å². The van der Waals surface area contributed by atoms with Gasteiger partial charge >= 0.3 is 0 Å². The first-order valence-electron chi connectivity index (χ1n) is 14.1. The predicted molar refractivity (Wildman–Crippen MR) is 148 cm³/mol. The molecule has 4 aliphatic rings. The SMILES string of the molecule is O=C(NCCN1CCOCC1)C1N(CCCCCCO)C(=O)[C@@H]2[C@@H](C(=O)Nc3ccccc3)[C@@H]3OC12CC3Br. The molecule has 4 saturated heterocycles. The quantitative estimate of drug-likeness (QED) is 0.243. The average Bonchev–Trinajstić information content (AvgIpc) is 3.53. The van der Waals surface area contributed by atoms with E-state index in [1.165, 1.54) is 0 Å². The fourth-order valence-electron chi connectivity index (χ4n) is 6.72. The van der Waals surface area contributed by atoms with Crippen molar-refractivity contribution in [2.75, 3.05) is 57.9 Å². The third-order valence-corrected chi connectivity index (χ3v) is 9.36. The fourth-order valence-corrected chi connectivity index (χ4v) is 7.67. The number of aliphatic hydroxyl groups is 1. The molecular weight excluding hydrogens is 568 g/mol. The number of nitrogens with one attached hydrogen (secondary N) is 2. The molecule has 0 aromatic heterocycles. The summed E-state index contributed by atoms with van der Waals surface area (Å²) in [6.45, 7) is 4.77. The van der Waals surface area contributed by atoms with E-state index in [9.17, 15) is 14.4 Å². The number of ether oxygens (including phenoxy) is 2. The van der Waals surface area contributed by atoms with Crippen LogP contribution >= 0.6 is 15.9 Å². The van der Waals surface area contributed by atoms with Gasteiger partial charge in [0.05, 0.1) is 31.2 Å². The second kappa shape index (κ2) is 12.6. The van der Waals surface area contributed by atoms with Crippen LogP contribution in [0.3, 0.4) is 0 Å². The third kappa shape index (κ3) is 5.74. The minimum absolute atomic E-state index is 0.138. The van der Waals surface area contributed by atoms with Crippen LogP contribution in [0.25, 0.3) is 0 Å². The highest BCUT2D eigenvalue weighted by Gasteiger charge is 2.76. The van der Waals surface area contributed by atoms with Crippen LogP contribution in [0.1, 0.15) is 32.1 Å². The molecule has 0 saturated carbocycles. The largest absolute Gasteiger partial charge is 0.396 e. The number of para-hydroxylation sites is 1. The van der Waals surface area contributed by atoms with Gasteiger partial charge in [0.15, 0.2) is 0 Å². The zero-order chi connectivity index (χ0) is 27.4. The number of likely N-dealkylation sites (tertiary alicyclic amines) is 1. The van der Waals surface area contributed by atoms with E-state index < -0.39 is 29.6 Å². The summed E-state index contributed by atoms with van der Waals surface area (Å²) in [5.41, 5.74) is -0.392. The van der Waals surface area contributed by atoms with Crippen molar-refractivity contribution in [1.29, 1.82) is 0 Å². The van der Waals surface area contributed by atoms with Crippen molar-refractivity contribution in [1.82, 2.24) is 15.1 Å². The molecule has 5 rings (SSSR count). The van der Waals surface area contributed by atoms with Gasteiger partial charge in [-0.1, -0.05) is 47.0 Å². The molecule has 4 heterocycles. The molecule has 214 valence electrons. The van der Waals surface area contributed by atoms with E-state index in [2.05, 4.69) is 31.5 Å². The minimum atomic E-state index is -1.05. The second-order valence-electron chi connectivity index (χ2n) is 10.9. The van der Waals surface area contributed by atoms with Crippen LogP contribution in [0.2, 0.25) is 0 Å². The Hall–Kier alpha value is -2.05. The number of alkyl halides is 1. The number of benzene rings is 1. The van der Waals surface area contributed by atoms with Gasteiger partial charge in [0.25, 0.3) is 0 Å². The maximum absolute atomic E-state index is 14.0. The predicted octanol–water partition coefficient (Wildman–Crippen LogP) is 1.37.